The van der Waals surface area contributed by atoms with E-state index in [9.17, 15) is 9.59 Å². The van der Waals surface area contributed by atoms with Gasteiger partial charge < -0.3 is 20.2 Å². The van der Waals surface area contributed by atoms with Gasteiger partial charge in [-0.3, -0.25) is 9.59 Å². The molecular formula is C23H29N3O3. The first-order valence-electron chi connectivity index (χ1n) is 10.1. The van der Waals surface area contributed by atoms with Crippen molar-refractivity contribution in [3.8, 4) is 0 Å². The van der Waals surface area contributed by atoms with E-state index < -0.39 is 0 Å². The zero-order chi connectivity index (χ0) is 21.0. The average molecular weight is 396 g/mol. The van der Waals surface area contributed by atoms with Gasteiger partial charge in [0.15, 0.2) is 0 Å². The van der Waals surface area contributed by atoms with Crippen molar-refractivity contribution < 1.29 is 14.7 Å². The molecule has 2 N–H and O–H groups in total. The summed E-state index contributed by atoms with van der Waals surface area (Å²) in [5, 5.41) is 12.1. The number of amides is 2. The van der Waals surface area contributed by atoms with Gasteiger partial charge in [0, 0.05) is 43.1 Å². The molecule has 0 aliphatic carbocycles. The van der Waals surface area contributed by atoms with Gasteiger partial charge >= 0.3 is 0 Å². The number of benzene rings is 2. The second-order valence-electron chi connectivity index (χ2n) is 7.53. The Labute approximate surface area is 172 Å². The molecule has 1 heterocycles. The van der Waals surface area contributed by atoms with Gasteiger partial charge in [-0.1, -0.05) is 12.1 Å². The second kappa shape index (κ2) is 9.09. The van der Waals surface area contributed by atoms with Gasteiger partial charge in [0.25, 0.3) is 0 Å². The summed E-state index contributed by atoms with van der Waals surface area (Å²) in [6.07, 6.45) is 0.220. The molecule has 1 aliphatic rings. The van der Waals surface area contributed by atoms with E-state index in [2.05, 4.69) is 10.2 Å². The highest BCUT2D eigenvalue weighted by molar-refractivity contribution is 6.03. The van der Waals surface area contributed by atoms with Gasteiger partial charge in [-0.15, -0.1) is 0 Å². The minimum atomic E-state index is -0.372. The smallest absolute Gasteiger partial charge is 0.229 e. The lowest BCUT2D eigenvalue weighted by Crippen LogP contribution is -2.28. The monoisotopic (exact) mass is 395 g/mol. The Hall–Kier alpha value is -2.86. The van der Waals surface area contributed by atoms with Crippen molar-refractivity contribution in [1.29, 1.82) is 0 Å². The van der Waals surface area contributed by atoms with E-state index in [4.69, 9.17) is 5.11 Å². The molecule has 2 amide bonds. The van der Waals surface area contributed by atoms with Crippen molar-refractivity contribution in [1.82, 2.24) is 0 Å². The fourth-order valence-corrected chi connectivity index (χ4v) is 3.72. The maximum atomic E-state index is 12.7. The van der Waals surface area contributed by atoms with Crippen LogP contribution in [0.25, 0.3) is 0 Å². The van der Waals surface area contributed by atoms with Crippen molar-refractivity contribution in [2.24, 2.45) is 5.92 Å². The predicted octanol–water partition coefficient (Wildman–Crippen LogP) is 3.11. The number of hydrogen-bond acceptors (Lipinski definition) is 4. The molecule has 2 aromatic carbocycles. The maximum Gasteiger partial charge on any atom is 0.229 e. The molecule has 3 rings (SSSR count). The molecule has 0 bridgehead atoms. The normalized spacial score (nSPS) is 16.2. The Kier molecular flexibility index (Phi) is 6.54. The summed E-state index contributed by atoms with van der Waals surface area (Å²) in [6, 6.07) is 13.6. The quantitative estimate of drug-likeness (QED) is 0.756. The molecule has 6 nitrogen and oxygen atoms in total. The molecule has 1 fully saturated rings. The summed E-state index contributed by atoms with van der Waals surface area (Å²) in [7, 11) is 0. The van der Waals surface area contributed by atoms with Crippen LogP contribution in [0.2, 0.25) is 0 Å². The molecule has 6 heteroatoms. The minimum Gasteiger partial charge on any atom is -0.395 e. The molecule has 1 saturated heterocycles. The Balaban J connectivity index is 1.66. The molecule has 1 atom stereocenters. The minimum absolute atomic E-state index is 0.0169. The SMILES string of the molecule is CCN(CCO)c1ccc(NC(=O)C2CC(=O)N(c3cc(C)ccc3C)C2)cc1. The van der Waals surface area contributed by atoms with E-state index in [-0.39, 0.29) is 30.8 Å². The first-order chi connectivity index (χ1) is 13.9. The number of aryl methyl sites for hydroxylation is 2. The van der Waals surface area contributed by atoms with E-state index >= 15 is 0 Å². The highest BCUT2D eigenvalue weighted by atomic mass is 16.3. The summed E-state index contributed by atoms with van der Waals surface area (Å²) in [5.74, 6) is -0.526. The van der Waals surface area contributed by atoms with E-state index in [1.54, 1.807) is 4.90 Å². The molecule has 29 heavy (non-hydrogen) atoms. The van der Waals surface area contributed by atoms with Crippen molar-refractivity contribution in [3.63, 3.8) is 0 Å². The summed E-state index contributed by atoms with van der Waals surface area (Å²) in [5.41, 5.74) is 4.71. The van der Waals surface area contributed by atoms with E-state index in [1.807, 2.05) is 63.2 Å². The van der Waals surface area contributed by atoms with Gasteiger partial charge in [-0.2, -0.15) is 0 Å². The number of nitrogens with one attached hydrogen (secondary N) is 1. The lowest BCUT2D eigenvalue weighted by atomic mass is 10.1. The van der Waals surface area contributed by atoms with Crippen LogP contribution in [0, 0.1) is 19.8 Å². The van der Waals surface area contributed by atoms with Crippen molar-refractivity contribution in [2.75, 3.05) is 41.4 Å². The third-order valence-electron chi connectivity index (χ3n) is 5.40. The Bertz CT molecular complexity index is 879. The largest absolute Gasteiger partial charge is 0.395 e. The average Bonchev–Trinajstić information content (AvgIpc) is 3.10. The number of nitrogens with zero attached hydrogens (tertiary/aromatic N) is 2. The van der Waals surface area contributed by atoms with Gasteiger partial charge in [-0.05, 0) is 62.2 Å². The van der Waals surface area contributed by atoms with Crippen LogP contribution in [0.3, 0.4) is 0 Å². The standard InChI is InChI=1S/C23H29N3O3/c1-4-25(11-12-27)20-9-7-19(8-10-20)24-23(29)18-14-22(28)26(15-18)21-13-16(2)5-6-17(21)3/h5-10,13,18,27H,4,11-12,14-15H2,1-3H3,(H,24,29). The predicted molar refractivity (Wildman–Crippen MR) is 116 cm³/mol. The third kappa shape index (κ3) is 4.77. The first kappa shape index (κ1) is 20.9. The van der Waals surface area contributed by atoms with E-state index in [1.165, 1.54) is 0 Å². The Morgan fingerprint density at radius 3 is 2.59 bits per heavy atom. The van der Waals surface area contributed by atoms with Crippen molar-refractivity contribution in [2.45, 2.75) is 27.2 Å². The zero-order valence-electron chi connectivity index (χ0n) is 17.3. The molecule has 1 unspecified atom stereocenters. The number of hydrogen-bond donors (Lipinski definition) is 2. The topological polar surface area (TPSA) is 72.9 Å². The number of rotatable bonds is 7. The maximum absolute atomic E-state index is 12.7. The van der Waals surface area contributed by atoms with Crippen LogP contribution in [-0.2, 0) is 9.59 Å². The van der Waals surface area contributed by atoms with Crippen LogP contribution in [0.1, 0.15) is 24.5 Å². The van der Waals surface area contributed by atoms with Crippen LogP contribution in [0.4, 0.5) is 17.1 Å². The highest BCUT2D eigenvalue weighted by Crippen LogP contribution is 2.29. The fraction of sp³-hybridized carbons (Fsp3) is 0.391. The van der Waals surface area contributed by atoms with Crippen LogP contribution < -0.4 is 15.1 Å². The van der Waals surface area contributed by atoms with Crippen LogP contribution in [0.5, 0.6) is 0 Å². The van der Waals surface area contributed by atoms with E-state index in [0.29, 0.717) is 18.8 Å². The zero-order valence-corrected chi connectivity index (χ0v) is 17.3. The Morgan fingerprint density at radius 1 is 1.21 bits per heavy atom. The number of anilines is 3. The molecule has 2 aromatic rings. The lowest BCUT2D eigenvalue weighted by molar-refractivity contribution is -0.122. The van der Waals surface area contributed by atoms with Gasteiger partial charge in [0.1, 0.15) is 0 Å². The van der Waals surface area contributed by atoms with Crippen molar-refractivity contribution >= 4 is 28.9 Å². The molecule has 154 valence electrons. The summed E-state index contributed by atoms with van der Waals surface area (Å²) in [4.78, 5) is 29.1. The first-order valence-corrected chi connectivity index (χ1v) is 10.1. The molecule has 0 radical (unpaired) electrons. The molecular weight excluding hydrogens is 366 g/mol. The van der Waals surface area contributed by atoms with Gasteiger partial charge in [0.05, 0.1) is 12.5 Å². The number of aliphatic hydroxyl groups is 1. The van der Waals surface area contributed by atoms with E-state index in [0.717, 1.165) is 29.0 Å². The molecule has 0 spiro atoms. The fourth-order valence-electron chi connectivity index (χ4n) is 3.72. The molecule has 1 aliphatic heterocycles. The molecule has 0 saturated carbocycles. The van der Waals surface area contributed by atoms with Crippen LogP contribution in [-0.4, -0.2) is 43.2 Å². The van der Waals surface area contributed by atoms with Crippen molar-refractivity contribution in [3.05, 3.63) is 53.6 Å². The number of likely N-dealkylation sites (N-methyl/N-ethyl adjacent to an activating group) is 1. The van der Waals surface area contributed by atoms with Crippen LogP contribution >= 0.6 is 0 Å². The second-order valence-corrected chi connectivity index (χ2v) is 7.53. The van der Waals surface area contributed by atoms with Gasteiger partial charge in [0.2, 0.25) is 11.8 Å². The number of aliphatic hydroxyl groups excluding tert-OH is 1. The molecule has 0 aromatic heterocycles. The number of carbonyl (C=O) groups is 2. The highest BCUT2D eigenvalue weighted by Gasteiger charge is 2.35. The Morgan fingerprint density at radius 2 is 1.93 bits per heavy atom. The lowest BCUT2D eigenvalue weighted by Gasteiger charge is -2.22. The van der Waals surface area contributed by atoms with Gasteiger partial charge in [-0.25, -0.2) is 0 Å². The number of carbonyl (C=O) groups excluding carboxylic acids is 2. The summed E-state index contributed by atoms with van der Waals surface area (Å²) in [6.45, 7) is 7.87. The summed E-state index contributed by atoms with van der Waals surface area (Å²) < 4.78 is 0. The van der Waals surface area contributed by atoms with Crippen LogP contribution in [0.15, 0.2) is 42.5 Å². The third-order valence-corrected chi connectivity index (χ3v) is 5.40. The summed E-state index contributed by atoms with van der Waals surface area (Å²) >= 11 is 0.